The third-order valence-electron chi connectivity index (χ3n) is 3.25. The molecule has 2 aliphatic rings. The molecule has 2 N–H and O–H groups in total. The largest absolute Gasteiger partial charge is 0.462 e. The summed E-state index contributed by atoms with van der Waals surface area (Å²) in [5.74, 6) is 0.693. The Morgan fingerprint density at radius 2 is 2.10 bits per heavy atom. The van der Waals surface area contributed by atoms with Gasteiger partial charge in [0.15, 0.2) is 0 Å². The average molecular weight is 285 g/mol. The second-order valence-corrected chi connectivity index (χ2v) is 5.66. The molecule has 2 atom stereocenters. The van der Waals surface area contributed by atoms with Crippen molar-refractivity contribution in [3.63, 3.8) is 0 Å². The fourth-order valence-corrected chi connectivity index (χ4v) is 2.17. The van der Waals surface area contributed by atoms with Gasteiger partial charge in [-0.3, -0.25) is 0 Å². The lowest BCUT2D eigenvalue weighted by Gasteiger charge is -2.25. The Morgan fingerprint density at radius 3 is 2.65 bits per heavy atom. The number of halogens is 3. The molecule has 0 amide bonds. The summed E-state index contributed by atoms with van der Waals surface area (Å²) >= 11 is 0. The van der Waals surface area contributed by atoms with Crippen LogP contribution in [0.4, 0.5) is 13.2 Å². The topological polar surface area (TPSA) is 35.2 Å². The van der Waals surface area contributed by atoms with E-state index in [4.69, 9.17) is 10.5 Å². The lowest BCUT2D eigenvalue weighted by Crippen LogP contribution is -2.34. The van der Waals surface area contributed by atoms with Crippen LogP contribution in [0.5, 0.6) is 0 Å². The lowest BCUT2D eigenvalue weighted by molar-refractivity contribution is -0.0893. The summed E-state index contributed by atoms with van der Waals surface area (Å²) in [4.78, 5) is 0. The number of hydrogen-bond donors (Lipinski definition) is 1. The van der Waals surface area contributed by atoms with Crippen molar-refractivity contribution in [2.24, 2.45) is 11.7 Å². The highest BCUT2D eigenvalue weighted by Gasteiger charge is 2.35. The van der Waals surface area contributed by atoms with E-state index in [9.17, 15) is 13.2 Å². The number of nitrogens with two attached hydrogens (primary N) is 1. The first-order valence-electron chi connectivity index (χ1n) is 6.51. The van der Waals surface area contributed by atoms with E-state index in [0.29, 0.717) is 24.4 Å². The van der Waals surface area contributed by atoms with Crippen molar-refractivity contribution in [2.45, 2.75) is 38.4 Å². The molecule has 0 fully saturated rings. The van der Waals surface area contributed by atoms with Crippen molar-refractivity contribution in [1.29, 1.82) is 0 Å². The molecule has 0 bridgehead atoms. The molecule has 0 heterocycles. The molecule has 2 rings (SSSR count). The second kappa shape index (κ2) is 5.13. The van der Waals surface area contributed by atoms with Gasteiger partial charge in [-0.25, -0.2) is 0 Å². The molecule has 0 saturated carbocycles. The average Bonchev–Trinajstić information content (AvgIpc) is 2.30. The summed E-state index contributed by atoms with van der Waals surface area (Å²) < 4.78 is 43.8. The molecule has 0 radical (unpaired) electrons. The number of hydrogen-bond acceptors (Lipinski definition) is 2. The van der Waals surface area contributed by atoms with Gasteiger partial charge < -0.3 is 10.5 Å². The Bertz CT molecular complexity index is 510. The molecule has 0 aromatic rings. The van der Waals surface area contributed by atoms with E-state index >= 15 is 0 Å². The highest BCUT2D eigenvalue weighted by atomic mass is 19.4. The summed E-state index contributed by atoms with van der Waals surface area (Å²) in [5, 5.41) is 0. The van der Waals surface area contributed by atoms with Gasteiger partial charge >= 0.3 is 6.18 Å². The third kappa shape index (κ3) is 3.76. The van der Waals surface area contributed by atoms with Crippen LogP contribution >= 0.6 is 0 Å². The van der Waals surface area contributed by atoms with E-state index < -0.39 is 17.3 Å². The molecule has 20 heavy (non-hydrogen) atoms. The van der Waals surface area contributed by atoms with Crippen molar-refractivity contribution in [2.75, 3.05) is 0 Å². The van der Waals surface area contributed by atoms with Crippen molar-refractivity contribution in [3.05, 3.63) is 47.5 Å². The van der Waals surface area contributed by atoms with E-state index in [1.807, 2.05) is 6.92 Å². The van der Waals surface area contributed by atoms with Crippen molar-refractivity contribution in [1.82, 2.24) is 0 Å². The normalized spacial score (nSPS) is 30.5. The van der Waals surface area contributed by atoms with Gasteiger partial charge in [-0.05, 0) is 37.5 Å². The van der Waals surface area contributed by atoms with Gasteiger partial charge in [0.25, 0.3) is 0 Å². The molecule has 2 aliphatic carbocycles. The predicted octanol–water partition coefficient (Wildman–Crippen LogP) is 3.98. The fraction of sp³-hybridized carbons (Fsp3) is 0.467. The smallest absolute Gasteiger partial charge is 0.416 e. The zero-order chi connectivity index (χ0) is 15.0. The van der Waals surface area contributed by atoms with Gasteiger partial charge in [0.2, 0.25) is 0 Å². The van der Waals surface area contributed by atoms with Crippen LogP contribution in [0, 0.1) is 5.92 Å². The first-order chi connectivity index (χ1) is 9.16. The number of ether oxygens (including phenoxy) is 1. The van der Waals surface area contributed by atoms with Crippen molar-refractivity contribution >= 4 is 0 Å². The van der Waals surface area contributed by atoms with Gasteiger partial charge in [-0.2, -0.15) is 13.2 Å². The van der Waals surface area contributed by atoms with E-state index in [0.717, 1.165) is 6.08 Å². The standard InChI is InChI=1S/C15H18F3NO/c1-10-7-11(15(16,17)18)9-13(8-10)20-12-3-5-14(2,19)6-4-12/h3-5,7,9-10H,6,8,19H2,1-2H3. The molecular weight excluding hydrogens is 267 g/mol. The molecule has 0 saturated heterocycles. The van der Waals surface area contributed by atoms with Gasteiger partial charge in [-0.1, -0.05) is 19.1 Å². The minimum absolute atomic E-state index is 0.195. The quantitative estimate of drug-likeness (QED) is 0.833. The highest BCUT2D eigenvalue weighted by molar-refractivity contribution is 5.32. The van der Waals surface area contributed by atoms with E-state index in [2.05, 4.69) is 0 Å². The SMILES string of the molecule is CC1C=C(C(F)(F)F)C=C(OC2=CCC(C)(N)C=C2)C1. The lowest BCUT2D eigenvalue weighted by atomic mass is 9.94. The monoisotopic (exact) mass is 285 g/mol. The van der Waals surface area contributed by atoms with Crippen LogP contribution in [-0.2, 0) is 4.74 Å². The molecular formula is C15H18F3NO. The van der Waals surface area contributed by atoms with Crippen LogP contribution < -0.4 is 5.73 Å². The third-order valence-corrected chi connectivity index (χ3v) is 3.25. The van der Waals surface area contributed by atoms with Gasteiger partial charge in [-0.15, -0.1) is 0 Å². The maximum absolute atomic E-state index is 12.8. The highest BCUT2D eigenvalue weighted by Crippen LogP contribution is 2.35. The summed E-state index contributed by atoms with van der Waals surface area (Å²) in [6.45, 7) is 3.62. The van der Waals surface area contributed by atoms with Crippen LogP contribution in [0.3, 0.4) is 0 Å². The number of alkyl halides is 3. The Balaban J connectivity index is 2.11. The number of rotatable bonds is 2. The predicted molar refractivity (Wildman–Crippen MR) is 71.5 cm³/mol. The zero-order valence-electron chi connectivity index (χ0n) is 11.5. The maximum Gasteiger partial charge on any atom is 0.416 e. The van der Waals surface area contributed by atoms with Crippen LogP contribution in [0.2, 0.25) is 0 Å². The molecule has 5 heteroatoms. The minimum Gasteiger partial charge on any atom is -0.462 e. The van der Waals surface area contributed by atoms with Crippen LogP contribution in [0.1, 0.15) is 26.7 Å². The molecule has 0 aromatic carbocycles. The first kappa shape index (κ1) is 14.9. The molecule has 2 nitrogen and oxygen atoms in total. The van der Waals surface area contributed by atoms with Crippen LogP contribution in [0.25, 0.3) is 0 Å². The Kier molecular flexibility index (Phi) is 3.82. The Morgan fingerprint density at radius 1 is 1.40 bits per heavy atom. The van der Waals surface area contributed by atoms with Gasteiger partial charge in [0, 0.05) is 12.0 Å². The van der Waals surface area contributed by atoms with Crippen molar-refractivity contribution < 1.29 is 17.9 Å². The summed E-state index contributed by atoms with van der Waals surface area (Å²) in [6.07, 6.45) is 4.34. The van der Waals surface area contributed by atoms with Crippen LogP contribution in [0.15, 0.2) is 47.5 Å². The van der Waals surface area contributed by atoms with Gasteiger partial charge in [0.1, 0.15) is 11.5 Å². The van der Waals surface area contributed by atoms with Crippen molar-refractivity contribution in [3.8, 4) is 0 Å². The van der Waals surface area contributed by atoms with E-state index in [1.165, 1.54) is 6.08 Å². The molecule has 0 aromatic heterocycles. The second-order valence-electron chi connectivity index (χ2n) is 5.66. The summed E-state index contributed by atoms with van der Waals surface area (Å²) in [5.41, 5.74) is 4.85. The first-order valence-corrected chi connectivity index (χ1v) is 6.51. The van der Waals surface area contributed by atoms with E-state index in [1.54, 1.807) is 25.2 Å². The number of allylic oxidation sites excluding steroid dienone is 5. The fourth-order valence-electron chi connectivity index (χ4n) is 2.17. The summed E-state index contributed by atoms with van der Waals surface area (Å²) in [6, 6.07) is 0. The zero-order valence-corrected chi connectivity index (χ0v) is 11.5. The molecule has 110 valence electrons. The van der Waals surface area contributed by atoms with E-state index in [-0.39, 0.29) is 5.92 Å². The molecule has 0 aliphatic heterocycles. The Hall–Kier alpha value is -1.49. The van der Waals surface area contributed by atoms with Crippen LogP contribution in [-0.4, -0.2) is 11.7 Å². The minimum atomic E-state index is -4.34. The summed E-state index contributed by atoms with van der Waals surface area (Å²) in [7, 11) is 0. The molecule has 0 spiro atoms. The van der Waals surface area contributed by atoms with Gasteiger partial charge in [0.05, 0.1) is 5.57 Å². The molecule has 2 unspecified atom stereocenters. The Labute approximate surface area is 116 Å². The maximum atomic E-state index is 12.8.